The summed E-state index contributed by atoms with van der Waals surface area (Å²) in [4.78, 5) is 10.4. The molecule has 0 spiro atoms. The summed E-state index contributed by atoms with van der Waals surface area (Å²) in [6, 6.07) is 0. The van der Waals surface area contributed by atoms with Crippen LogP contribution in [0, 0.1) is 0 Å². The predicted octanol–water partition coefficient (Wildman–Crippen LogP) is 3.55. The molecule has 3 heteroatoms. The van der Waals surface area contributed by atoms with Gasteiger partial charge in [0.15, 0.2) is 0 Å². The maximum atomic E-state index is 10.4. The predicted molar refractivity (Wildman–Crippen MR) is 62.9 cm³/mol. The van der Waals surface area contributed by atoms with Crippen molar-refractivity contribution in [1.29, 1.82) is 0 Å². The molecule has 0 heterocycles. The van der Waals surface area contributed by atoms with Crippen LogP contribution >= 0.6 is 11.8 Å². The number of carboxylic acid groups (broad SMARTS) is 1. The second kappa shape index (κ2) is 7.16. The molecule has 0 fully saturated rings. The molecule has 0 aliphatic carbocycles. The molecule has 0 aromatic carbocycles. The van der Waals surface area contributed by atoms with E-state index in [2.05, 4.69) is 20.8 Å². The van der Waals surface area contributed by atoms with E-state index >= 15 is 0 Å². The molecule has 0 saturated heterocycles. The largest absolute Gasteiger partial charge is 0.481 e. The van der Waals surface area contributed by atoms with Crippen LogP contribution in [0.4, 0.5) is 0 Å². The van der Waals surface area contributed by atoms with E-state index < -0.39 is 5.97 Å². The summed E-state index contributed by atoms with van der Waals surface area (Å²) in [5.74, 6) is 0.0510. The first-order chi connectivity index (χ1) is 6.54. The summed E-state index contributed by atoms with van der Waals surface area (Å²) in [5, 5.41) is 8.55. The number of unbranched alkanes of at least 4 members (excludes halogenated alkanes) is 1. The van der Waals surface area contributed by atoms with Gasteiger partial charge in [0.25, 0.3) is 0 Å². The molecule has 84 valence electrons. The molecule has 1 N–H and O–H groups in total. The third kappa shape index (κ3) is 6.30. The maximum absolute atomic E-state index is 10.4. The molecule has 0 aliphatic heterocycles. The summed E-state index contributed by atoms with van der Waals surface area (Å²) < 4.78 is 0.283. The van der Waals surface area contributed by atoms with Gasteiger partial charge in [0, 0.05) is 10.5 Å². The number of carbonyl (C=O) groups is 1. The van der Waals surface area contributed by atoms with Crippen molar-refractivity contribution in [3.63, 3.8) is 0 Å². The normalized spacial score (nSPS) is 15.1. The summed E-state index contributed by atoms with van der Waals surface area (Å²) in [6.07, 6.45) is 5.06. The van der Waals surface area contributed by atoms with Crippen LogP contribution in [0.1, 0.15) is 52.9 Å². The van der Waals surface area contributed by atoms with Crippen molar-refractivity contribution in [2.75, 3.05) is 5.75 Å². The lowest BCUT2D eigenvalue weighted by molar-refractivity contribution is -0.136. The third-order valence-electron chi connectivity index (χ3n) is 2.57. The van der Waals surface area contributed by atoms with Crippen LogP contribution in [0.25, 0.3) is 0 Å². The van der Waals surface area contributed by atoms with E-state index in [1.54, 1.807) is 0 Å². The summed E-state index contributed by atoms with van der Waals surface area (Å²) in [5.41, 5.74) is 0. The lowest BCUT2D eigenvalue weighted by atomic mass is 10.0. The lowest BCUT2D eigenvalue weighted by Gasteiger charge is -2.27. The first-order valence-corrected chi connectivity index (χ1v) is 6.38. The molecule has 0 saturated carbocycles. The Morgan fingerprint density at radius 3 is 2.50 bits per heavy atom. The Kier molecular flexibility index (Phi) is 7.06. The van der Waals surface area contributed by atoms with E-state index in [0.717, 1.165) is 12.2 Å². The SMILES string of the molecule is CCCCC(C)(CC)SCCC(=O)O. The monoisotopic (exact) mass is 218 g/mol. The highest BCUT2D eigenvalue weighted by molar-refractivity contribution is 8.00. The highest BCUT2D eigenvalue weighted by atomic mass is 32.2. The van der Waals surface area contributed by atoms with Crippen LogP contribution in [-0.4, -0.2) is 21.6 Å². The Balaban J connectivity index is 3.79. The Morgan fingerprint density at radius 2 is 2.07 bits per heavy atom. The van der Waals surface area contributed by atoms with Gasteiger partial charge in [-0.05, 0) is 12.8 Å². The van der Waals surface area contributed by atoms with Crippen LogP contribution < -0.4 is 0 Å². The third-order valence-corrected chi connectivity index (χ3v) is 4.17. The van der Waals surface area contributed by atoms with Crippen molar-refractivity contribution in [2.45, 2.75) is 57.6 Å². The van der Waals surface area contributed by atoms with Crippen LogP contribution in [0.5, 0.6) is 0 Å². The maximum Gasteiger partial charge on any atom is 0.304 e. The van der Waals surface area contributed by atoms with Gasteiger partial charge in [-0.2, -0.15) is 11.8 Å². The van der Waals surface area contributed by atoms with E-state index in [-0.39, 0.29) is 11.2 Å². The van der Waals surface area contributed by atoms with Gasteiger partial charge < -0.3 is 5.11 Å². The van der Waals surface area contributed by atoms with Crippen LogP contribution in [0.3, 0.4) is 0 Å². The second-order valence-corrected chi connectivity index (χ2v) is 5.58. The Morgan fingerprint density at radius 1 is 1.43 bits per heavy atom. The number of hydrogen-bond acceptors (Lipinski definition) is 2. The topological polar surface area (TPSA) is 37.3 Å². The fourth-order valence-electron chi connectivity index (χ4n) is 1.29. The van der Waals surface area contributed by atoms with E-state index in [4.69, 9.17) is 5.11 Å². The lowest BCUT2D eigenvalue weighted by Crippen LogP contribution is -2.19. The van der Waals surface area contributed by atoms with Crippen LogP contribution in [0.2, 0.25) is 0 Å². The Bertz CT molecular complexity index is 171. The number of thioether (sulfide) groups is 1. The molecule has 14 heavy (non-hydrogen) atoms. The van der Waals surface area contributed by atoms with Crippen molar-refractivity contribution in [1.82, 2.24) is 0 Å². The van der Waals surface area contributed by atoms with Crippen LogP contribution in [0.15, 0.2) is 0 Å². The molecule has 0 amide bonds. The molecule has 1 unspecified atom stereocenters. The molecule has 0 bridgehead atoms. The Hall–Kier alpha value is -0.180. The first-order valence-electron chi connectivity index (χ1n) is 5.40. The highest BCUT2D eigenvalue weighted by Crippen LogP contribution is 2.34. The van der Waals surface area contributed by atoms with Gasteiger partial charge in [0.05, 0.1) is 6.42 Å². The van der Waals surface area contributed by atoms with Gasteiger partial charge in [-0.15, -0.1) is 0 Å². The number of rotatable bonds is 8. The zero-order valence-corrected chi connectivity index (χ0v) is 10.3. The molecular weight excluding hydrogens is 196 g/mol. The van der Waals surface area contributed by atoms with Crippen molar-refractivity contribution < 1.29 is 9.90 Å². The number of hydrogen-bond donors (Lipinski definition) is 1. The molecule has 0 aliphatic rings. The van der Waals surface area contributed by atoms with E-state index in [0.29, 0.717) is 0 Å². The molecule has 0 aromatic heterocycles. The van der Waals surface area contributed by atoms with Crippen molar-refractivity contribution in [3.05, 3.63) is 0 Å². The van der Waals surface area contributed by atoms with E-state index in [1.807, 2.05) is 11.8 Å². The summed E-state index contributed by atoms with van der Waals surface area (Å²) in [6.45, 7) is 6.62. The molecule has 1 atom stereocenters. The zero-order valence-electron chi connectivity index (χ0n) is 9.51. The molecular formula is C11H22O2S. The minimum atomic E-state index is -0.688. The average Bonchev–Trinajstić information content (AvgIpc) is 2.14. The van der Waals surface area contributed by atoms with Crippen molar-refractivity contribution in [3.8, 4) is 0 Å². The van der Waals surface area contributed by atoms with Crippen molar-refractivity contribution >= 4 is 17.7 Å². The standard InChI is InChI=1S/C11H22O2S/c1-4-6-8-11(3,5-2)14-9-7-10(12)13/h4-9H2,1-3H3,(H,12,13). The smallest absolute Gasteiger partial charge is 0.304 e. The Labute approximate surface area is 91.5 Å². The van der Waals surface area contributed by atoms with Gasteiger partial charge in [-0.3, -0.25) is 4.79 Å². The zero-order chi connectivity index (χ0) is 11.0. The van der Waals surface area contributed by atoms with Gasteiger partial charge in [0.2, 0.25) is 0 Å². The average molecular weight is 218 g/mol. The second-order valence-electron chi connectivity index (χ2n) is 3.90. The minimum absolute atomic E-state index is 0.283. The molecule has 0 radical (unpaired) electrons. The fourth-order valence-corrected chi connectivity index (χ4v) is 2.55. The minimum Gasteiger partial charge on any atom is -0.481 e. The summed E-state index contributed by atoms with van der Waals surface area (Å²) >= 11 is 1.81. The molecule has 2 nitrogen and oxygen atoms in total. The highest BCUT2D eigenvalue weighted by Gasteiger charge is 2.21. The fraction of sp³-hybridized carbons (Fsp3) is 0.909. The first kappa shape index (κ1) is 13.8. The molecule has 0 rings (SSSR count). The quantitative estimate of drug-likeness (QED) is 0.677. The summed E-state index contributed by atoms with van der Waals surface area (Å²) in [7, 11) is 0. The van der Waals surface area contributed by atoms with E-state index in [1.165, 1.54) is 19.3 Å². The number of carboxylic acids is 1. The van der Waals surface area contributed by atoms with E-state index in [9.17, 15) is 4.79 Å². The van der Waals surface area contributed by atoms with Gasteiger partial charge in [-0.25, -0.2) is 0 Å². The van der Waals surface area contributed by atoms with Crippen molar-refractivity contribution in [2.24, 2.45) is 0 Å². The van der Waals surface area contributed by atoms with Gasteiger partial charge in [0.1, 0.15) is 0 Å². The van der Waals surface area contributed by atoms with Gasteiger partial charge in [-0.1, -0.05) is 33.6 Å². The van der Waals surface area contributed by atoms with Gasteiger partial charge >= 0.3 is 5.97 Å². The number of aliphatic carboxylic acids is 1. The van der Waals surface area contributed by atoms with Crippen LogP contribution in [-0.2, 0) is 4.79 Å². The molecule has 0 aromatic rings.